The number of nitro groups is 1. The number of rotatable bonds is 4. The minimum absolute atomic E-state index is 0.0683. The molecule has 1 N–H and O–H groups in total. The molecule has 0 spiro atoms. The van der Waals surface area contributed by atoms with Crippen LogP contribution in [-0.2, 0) is 0 Å². The van der Waals surface area contributed by atoms with Gasteiger partial charge in [-0.2, -0.15) is 0 Å². The van der Waals surface area contributed by atoms with E-state index in [9.17, 15) is 15.2 Å². The standard InChI is InChI=1S/C13H11NO6/c15-10-5-13-12(19-7-20-13)4-8(10)9(6-14(16)17)11-2-1-3-18-11/h1-5,9,15H,6-7H2/t9-/m1/s1. The maximum Gasteiger partial charge on any atom is 0.231 e. The average Bonchev–Trinajstić information content (AvgIpc) is 3.05. The number of nitrogens with zero attached hydrogens (tertiary/aromatic N) is 1. The van der Waals surface area contributed by atoms with Crippen molar-refractivity contribution in [2.45, 2.75) is 5.92 Å². The Morgan fingerprint density at radius 1 is 1.35 bits per heavy atom. The molecule has 1 aliphatic rings. The zero-order valence-corrected chi connectivity index (χ0v) is 10.3. The Bertz CT molecular complexity index is 637. The molecule has 0 saturated carbocycles. The molecule has 0 aliphatic carbocycles. The van der Waals surface area contributed by atoms with Crippen LogP contribution in [0.5, 0.6) is 17.2 Å². The van der Waals surface area contributed by atoms with Crippen LogP contribution in [-0.4, -0.2) is 23.4 Å². The summed E-state index contributed by atoms with van der Waals surface area (Å²) in [5.41, 5.74) is 0.376. The summed E-state index contributed by atoms with van der Waals surface area (Å²) in [6.07, 6.45) is 1.44. The summed E-state index contributed by atoms with van der Waals surface area (Å²) in [6, 6.07) is 6.23. The summed E-state index contributed by atoms with van der Waals surface area (Å²) in [4.78, 5) is 10.4. The molecule has 1 aliphatic heterocycles. The molecular formula is C13H11NO6. The van der Waals surface area contributed by atoms with Crippen molar-refractivity contribution in [1.82, 2.24) is 0 Å². The highest BCUT2D eigenvalue weighted by atomic mass is 16.7. The first-order valence-electron chi connectivity index (χ1n) is 5.93. The van der Waals surface area contributed by atoms with E-state index in [1.54, 1.807) is 18.2 Å². The molecule has 7 heteroatoms. The van der Waals surface area contributed by atoms with Crippen molar-refractivity contribution in [2.75, 3.05) is 13.3 Å². The van der Waals surface area contributed by atoms with Crippen molar-refractivity contribution in [3.8, 4) is 17.2 Å². The third-order valence-corrected chi connectivity index (χ3v) is 3.12. The molecule has 0 bridgehead atoms. The number of aromatic hydroxyl groups is 1. The van der Waals surface area contributed by atoms with Crippen LogP contribution in [0.15, 0.2) is 34.9 Å². The third-order valence-electron chi connectivity index (χ3n) is 3.12. The van der Waals surface area contributed by atoms with Crippen LogP contribution in [0.25, 0.3) is 0 Å². The second-order valence-electron chi connectivity index (χ2n) is 4.35. The summed E-state index contributed by atoms with van der Waals surface area (Å²) in [5, 5.41) is 20.9. The van der Waals surface area contributed by atoms with Crippen LogP contribution >= 0.6 is 0 Å². The fraction of sp³-hybridized carbons (Fsp3) is 0.231. The van der Waals surface area contributed by atoms with Crippen LogP contribution in [0.3, 0.4) is 0 Å². The van der Waals surface area contributed by atoms with E-state index in [-0.39, 0.29) is 19.1 Å². The summed E-state index contributed by atoms with van der Waals surface area (Å²) >= 11 is 0. The minimum Gasteiger partial charge on any atom is -0.507 e. The van der Waals surface area contributed by atoms with Gasteiger partial charge in [-0.25, -0.2) is 0 Å². The number of furan rings is 1. The number of fused-ring (bicyclic) bond motifs is 1. The molecule has 20 heavy (non-hydrogen) atoms. The molecule has 1 aromatic heterocycles. The van der Waals surface area contributed by atoms with Gasteiger partial charge in [0.2, 0.25) is 13.3 Å². The molecule has 0 unspecified atom stereocenters. The molecule has 2 heterocycles. The lowest BCUT2D eigenvalue weighted by Gasteiger charge is -2.13. The van der Waals surface area contributed by atoms with E-state index < -0.39 is 10.8 Å². The van der Waals surface area contributed by atoms with Crippen LogP contribution in [0.2, 0.25) is 0 Å². The predicted molar refractivity (Wildman–Crippen MR) is 66.6 cm³/mol. The van der Waals surface area contributed by atoms with Gasteiger partial charge >= 0.3 is 0 Å². The van der Waals surface area contributed by atoms with Gasteiger partial charge in [-0.05, 0) is 18.2 Å². The maximum atomic E-state index is 10.8. The summed E-state index contributed by atoms with van der Waals surface area (Å²) in [5.74, 6) is 0.520. The van der Waals surface area contributed by atoms with Gasteiger partial charge in [0, 0.05) is 16.6 Å². The highest BCUT2D eigenvalue weighted by molar-refractivity contribution is 5.53. The Balaban J connectivity index is 2.05. The largest absolute Gasteiger partial charge is 0.507 e. The fourth-order valence-electron chi connectivity index (χ4n) is 2.21. The Labute approximate surface area is 113 Å². The smallest absolute Gasteiger partial charge is 0.231 e. The van der Waals surface area contributed by atoms with E-state index in [1.165, 1.54) is 12.3 Å². The van der Waals surface area contributed by atoms with Crippen molar-refractivity contribution < 1.29 is 23.9 Å². The molecule has 2 aromatic rings. The van der Waals surface area contributed by atoms with Crippen LogP contribution in [0, 0.1) is 10.1 Å². The Morgan fingerprint density at radius 2 is 2.10 bits per heavy atom. The molecule has 7 nitrogen and oxygen atoms in total. The van der Waals surface area contributed by atoms with Gasteiger partial charge < -0.3 is 19.0 Å². The summed E-state index contributed by atoms with van der Waals surface area (Å²) < 4.78 is 15.6. The highest BCUT2D eigenvalue weighted by Crippen LogP contribution is 2.42. The quantitative estimate of drug-likeness (QED) is 0.679. The number of hydrogen-bond acceptors (Lipinski definition) is 6. The van der Waals surface area contributed by atoms with Crippen LogP contribution < -0.4 is 9.47 Å². The number of ether oxygens (including phenoxy) is 2. The van der Waals surface area contributed by atoms with E-state index in [0.717, 1.165) is 0 Å². The predicted octanol–water partition coefficient (Wildman–Crippen LogP) is 2.12. The van der Waals surface area contributed by atoms with E-state index in [2.05, 4.69) is 0 Å². The molecule has 0 amide bonds. The normalized spacial score (nSPS) is 14.2. The van der Waals surface area contributed by atoms with Gasteiger partial charge in [0.25, 0.3) is 0 Å². The minimum atomic E-state index is -0.686. The topological polar surface area (TPSA) is 95.0 Å². The molecule has 0 fully saturated rings. The lowest BCUT2D eigenvalue weighted by Crippen LogP contribution is -2.13. The second-order valence-corrected chi connectivity index (χ2v) is 4.35. The van der Waals surface area contributed by atoms with Crippen molar-refractivity contribution in [3.05, 3.63) is 52.0 Å². The zero-order chi connectivity index (χ0) is 14.1. The van der Waals surface area contributed by atoms with Gasteiger partial charge in [0.1, 0.15) is 17.4 Å². The molecule has 1 aromatic carbocycles. The molecule has 0 radical (unpaired) electrons. The Morgan fingerprint density at radius 3 is 2.75 bits per heavy atom. The Hall–Kier alpha value is -2.70. The molecule has 104 valence electrons. The first-order valence-corrected chi connectivity index (χ1v) is 5.93. The Kier molecular flexibility index (Phi) is 2.94. The zero-order valence-electron chi connectivity index (χ0n) is 10.3. The van der Waals surface area contributed by atoms with Gasteiger partial charge in [-0.1, -0.05) is 0 Å². The van der Waals surface area contributed by atoms with Gasteiger partial charge in [-0.15, -0.1) is 0 Å². The highest BCUT2D eigenvalue weighted by Gasteiger charge is 2.28. The lowest BCUT2D eigenvalue weighted by molar-refractivity contribution is -0.482. The van der Waals surface area contributed by atoms with Crippen LogP contribution in [0.4, 0.5) is 0 Å². The molecule has 0 saturated heterocycles. The maximum absolute atomic E-state index is 10.8. The van der Waals surface area contributed by atoms with Crippen molar-refractivity contribution in [2.24, 2.45) is 0 Å². The molecule has 1 atom stereocenters. The van der Waals surface area contributed by atoms with E-state index >= 15 is 0 Å². The van der Waals surface area contributed by atoms with Crippen molar-refractivity contribution >= 4 is 0 Å². The van der Waals surface area contributed by atoms with E-state index in [4.69, 9.17) is 13.9 Å². The number of phenolic OH excluding ortho intramolecular Hbond substituents is 1. The number of hydrogen-bond donors (Lipinski definition) is 1. The molecule has 3 rings (SSSR count). The van der Waals surface area contributed by atoms with E-state index in [0.29, 0.717) is 22.8 Å². The summed E-state index contributed by atoms with van der Waals surface area (Å²) in [7, 11) is 0. The first-order chi connectivity index (χ1) is 9.65. The number of benzene rings is 1. The van der Waals surface area contributed by atoms with Gasteiger partial charge in [-0.3, -0.25) is 10.1 Å². The lowest BCUT2D eigenvalue weighted by atomic mass is 9.95. The van der Waals surface area contributed by atoms with Crippen molar-refractivity contribution in [1.29, 1.82) is 0 Å². The van der Waals surface area contributed by atoms with E-state index in [1.807, 2.05) is 0 Å². The number of phenols is 1. The monoisotopic (exact) mass is 277 g/mol. The average molecular weight is 277 g/mol. The third kappa shape index (κ3) is 2.13. The van der Waals surface area contributed by atoms with Gasteiger partial charge in [0.05, 0.1) is 6.26 Å². The van der Waals surface area contributed by atoms with Crippen molar-refractivity contribution in [3.63, 3.8) is 0 Å². The first kappa shape index (κ1) is 12.3. The fourth-order valence-corrected chi connectivity index (χ4v) is 2.21. The van der Waals surface area contributed by atoms with Gasteiger partial charge in [0.15, 0.2) is 11.5 Å². The molecular weight excluding hydrogens is 266 g/mol. The second kappa shape index (κ2) is 4.76. The van der Waals surface area contributed by atoms with Crippen LogP contribution in [0.1, 0.15) is 17.2 Å². The SMILES string of the molecule is O=[N+]([O-])C[C@@H](c1ccco1)c1cc2c(cc1O)OCO2. The summed E-state index contributed by atoms with van der Waals surface area (Å²) in [6.45, 7) is -0.320.